The van der Waals surface area contributed by atoms with Crippen LogP contribution in [-0.4, -0.2) is 13.2 Å². The highest BCUT2D eigenvalue weighted by molar-refractivity contribution is 7.95. The first-order valence-electron chi connectivity index (χ1n) is 24.2. The van der Waals surface area contributed by atoms with Gasteiger partial charge >= 0.3 is 0 Å². The van der Waals surface area contributed by atoms with Crippen LogP contribution in [0.2, 0.25) is 0 Å². The fraction of sp³-hybridized carbons (Fsp3) is 0.300. The maximum absolute atomic E-state index is 7.40. The van der Waals surface area contributed by atoms with Gasteiger partial charge in [0.2, 0.25) is 0 Å². The smallest absolute Gasteiger partial charge is 0.133 e. The third kappa shape index (κ3) is 11.8. The highest BCUT2D eigenvalue weighted by atomic mass is 31.2. The lowest BCUT2D eigenvalue weighted by atomic mass is 10.1. The topological polar surface area (TPSA) is 18.5 Å². The monoisotopic (exact) mass is 884 g/mol. The Bertz CT molecular complexity index is 2010. The van der Waals surface area contributed by atoms with Crippen LogP contribution in [0.15, 0.2) is 194 Å². The molecule has 0 fully saturated rings. The Hall–Kier alpha value is -5.00. The largest absolute Gasteiger partial charge is 0.494 e. The van der Waals surface area contributed by atoms with Crippen molar-refractivity contribution in [3.63, 3.8) is 0 Å². The number of benzene rings is 7. The lowest BCUT2D eigenvalue weighted by Gasteiger charge is -2.31. The maximum Gasteiger partial charge on any atom is 0.133 e. The van der Waals surface area contributed by atoms with Gasteiger partial charge in [0.05, 0.1) is 13.2 Å². The molecule has 0 radical (unpaired) electrons. The van der Waals surface area contributed by atoms with Crippen molar-refractivity contribution >= 4 is 46.4 Å². The zero-order valence-electron chi connectivity index (χ0n) is 38.5. The zero-order valence-corrected chi connectivity index (χ0v) is 40.3. The normalized spacial score (nSPS) is 11.7. The Kier molecular flexibility index (Phi) is 18.3. The van der Waals surface area contributed by atoms with Crippen LogP contribution in [0.4, 0.5) is 0 Å². The van der Waals surface area contributed by atoms with Crippen LogP contribution < -0.4 is 41.3 Å². The average molecular weight is 885 g/mol. The highest BCUT2D eigenvalue weighted by Crippen LogP contribution is 2.62. The molecule has 0 saturated heterocycles. The van der Waals surface area contributed by atoms with E-state index in [4.69, 9.17) is 9.47 Å². The number of hydrogen-bond acceptors (Lipinski definition) is 2. The Morgan fingerprint density at radius 3 is 0.875 bits per heavy atom. The number of unbranched alkanes of at least 4 members (excludes halogenated alkanes) is 10. The van der Waals surface area contributed by atoms with Crippen molar-refractivity contribution in [1.29, 1.82) is 0 Å². The Labute approximate surface area is 387 Å². The second-order valence-electron chi connectivity index (χ2n) is 17.3. The molecule has 0 amide bonds. The predicted molar refractivity (Wildman–Crippen MR) is 282 cm³/mol. The molecule has 0 heterocycles. The minimum Gasteiger partial charge on any atom is -0.494 e. The summed E-state index contributed by atoms with van der Waals surface area (Å²) in [4.78, 5) is 0. The molecular formula is C60H70O2P2+2. The molecule has 0 aliphatic carbocycles. The molecule has 330 valence electrons. The van der Waals surface area contributed by atoms with E-state index in [2.05, 4.69) is 208 Å². The van der Waals surface area contributed by atoms with E-state index < -0.39 is 14.5 Å². The van der Waals surface area contributed by atoms with Crippen LogP contribution in [-0.2, 0) is 12.3 Å². The standard InChI is InChI=1S/C60H70O2P2/c1-3-5-7-9-11-31-45-61-53-47-51(49-63(54-33-19-13-20-34-54,55-35-21-14-22-36-55)56-37-23-15-24-38-56)60(62-46-32-12-10-8-6-4-2)52(48-53)50-64(57-39-25-16-26-40-57,58-41-27-17-28-42-58)59-43-29-18-30-44-59/h13-30,33-44,47-48H,3-12,31-32,45-46,49-50H2,1-2H3/q+2. The van der Waals surface area contributed by atoms with E-state index in [1.807, 2.05) is 0 Å². The van der Waals surface area contributed by atoms with Crippen LogP contribution in [0.5, 0.6) is 11.5 Å². The second kappa shape index (κ2) is 24.9. The van der Waals surface area contributed by atoms with Crippen molar-refractivity contribution < 1.29 is 9.47 Å². The van der Waals surface area contributed by atoms with Crippen molar-refractivity contribution in [1.82, 2.24) is 0 Å². The molecule has 7 aromatic rings. The van der Waals surface area contributed by atoms with E-state index in [-0.39, 0.29) is 0 Å². The van der Waals surface area contributed by atoms with Gasteiger partial charge in [-0.1, -0.05) is 187 Å². The molecular weight excluding hydrogens is 815 g/mol. The predicted octanol–water partition coefficient (Wildman–Crippen LogP) is 14.2. The Morgan fingerprint density at radius 1 is 0.312 bits per heavy atom. The van der Waals surface area contributed by atoms with Gasteiger partial charge in [-0.15, -0.1) is 0 Å². The van der Waals surface area contributed by atoms with Gasteiger partial charge in [0, 0.05) is 11.1 Å². The van der Waals surface area contributed by atoms with Crippen LogP contribution in [0.25, 0.3) is 0 Å². The van der Waals surface area contributed by atoms with E-state index in [0.717, 1.165) is 36.7 Å². The van der Waals surface area contributed by atoms with Gasteiger partial charge in [-0.3, -0.25) is 0 Å². The molecule has 2 nitrogen and oxygen atoms in total. The fourth-order valence-corrected chi connectivity index (χ4v) is 17.9. The van der Waals surface area contributed by atoms with Crippen molar-refractivity contribution in [2.75, 3.05) is 13.2 Å². The third-order valence-electron chi connectivity index (χ3n) is 12.7. The summed E-state index contributed by atoms with van der Waals surface area (Å²) < 4.78 is 14.4. The van der Waals surface area contributed by atoms with Crippen LogP contribution in [0.1, 0.15) is 102 Å². The van der Waals surface area contributed by atoms with Gasteiger partial charge in [0.15, 0.2) is 0 Å². The summed E-state index contributed by atoms with van der Waals surface area (Å²) in [7, 11) is -4.60. The second-order valence-corrected chi connectivity index (χ2v) is 24.2. The molecule has 0 aliphatic heterocycles. The molecule has 7 rings (SSSR count). The first kappa shape index (κ1) is 47.0. The van der Waals surface area contributed by atoms with Gasteiger partial charge in [0.1, 0.15) is 70.2 Å². The summed E-state index contributed by atoms with van der Waals surface area (Å²) in [6.45, 7) is 5.97. The summed E-state index contributed by atoms with van der Waals surface area (Å²) in [5.41, 5.74) is 2.47. The lowest BCUT2D eigenvalue weighted by molar-refractivity contribution is 0.292. The van der Waals surface area contributed by atoms with Crippen LogP contribution >= 0.6 is 14.5 Å². The summed E-state index contributed by atoms with van der Waals surface area (Å²) in [6, 6.07) is 72.6. The fourth-order valence-electron chi connectivity index (χ4n) is 9.40. The van der Waals surface area contributed by atoms with E-state index in [1.54, 1.807) is 0 Å². The number of rotatable bonds is 26. The molecule has 0 saturated carbocycles. The van der Waals surface area contributed by atoms with Gasteiger partial charge in [-0.2, -0.15) is 0 Å². The van der Waals surface area contributed by atoms with E-state index in [0.29, 0.717) is 13.2 Å². The third-order valence-corrected chi connectivity index (χ3v) is 21.4. The molecule has 0 bridgehead atoms. The SMILES string of the molecule is CCCCCCCCOc1cc(C[P+](c2ccccc2)(c2ccccc2)c2ccccc2)c(OCCCCCCCC)c(C[P+](c2ccccc2)(c2ccccc2)c2ccccc2)c1. The Balaban J connectivity index is 1.45. The van der Waals surface area contributed by atoms with Crippen LogP contribution in [0, 0.1) is 0 Å². The summed E-state index contributed by atoms with van der Waals surface area (Å²) in [5.74, 6) is 1.99. The number of hydrogen-bond donors (Lipinski definition) is 0. The summed E-state index contributed by atoms with van der Waals surface area (Å²) in [6.07, 6.45) is 16.3. The molecule has 7 aromatic carbocycles. The van der Waals surface area contributed by atoms with Gasteiger partial charge in [0.25, 0.3) is 0 Å². The first-order chi connectivity index (χ1) is 31.7. The van der Waals surface area contributed by atoms with E-state index in [1.165, 1.54) is 107 Å². The molecule has 0 N–H and O–H groups in total. The highest BCUT2D eigenvalue weighted by Gasteiger charge is 2.49. The molecule has 0 aromatic heterocycles. The van der Waals surface area contributed by atoms with Gasteiger partial charge in [-0.25, -0.2) is 0 Å². The lowest BCUT2D eigenvalue weighted by Crippen LogP contribution is -2.33. The molecule has 0 unspecified atom stereocenters. The molecule has 0 spiro atoms. The minimum atomic E-state index is -2.30. The quantitative estimate of drug-likeness (QED) is 0.0398. The van der Waals surface area contributed by atoms with E-state index >= 15 is 0 Å². The maximum atomic E-state index is 7.40. The van der Waals surface area contributed by atoms with Crippen molar-refractivity contribution in [2.45, 2.75) is 103 Å². The summed E-state index contributed by atoms with van der Waals surface area (Å²) >= 11 is 0. The van der Waals surface area contributed by atoms with Crippen molar-refractivity contribution in [3.8, 4) is 11.5 Å². The first-order valence-corrected chi connectivity index (χ1v) is 28.1. The summed E-state index contributed by atoms with van der Waals surface area (Å²) in [5, 5.41) is 8.22. The van der Waals surface area contributed by atoms with Crippen molar-refractivity contribution in [2.24, 2.45) is 0 Å². The molecule has 0 aliphatic rings. The molecule has 0 atom stereocenters. The average Bonchev–Trinajstić information content (AvgIpc) is 3.36. The Morgan fingerprint density at radius 2 is 0.578 bits per heavy atom. The zero-order chi connectivity index (χ0) is 44.1. The van der Waals surface area contributed by atoms with Crippen LogP contribution in [0.3, 0.4) is 0 Å². The van der Waals surface area contributed by atoms with Crippen molar-refractivity contribution in [3.05, 3.63) is 205 Å². The molecule has 64 heavy (non-hydrogen) atoms. The van der Waals surface area contributed by atoms with Gasteiger partial charge in [-0.05, 0) is 97.8 Å². The minimum absolute atomic E-state index is 0.686. The van der Waals surface area contributed by atoms with Gasteiger partial charge < -0.3 is 9.47 Å². The molecule has 4 heteroatoms. The number of ether oxygens (including phenoxy) is 2. The van der Waals surface area contributed by atoms with E-state index in [9.17, 15) is 0 Å².